The number of nitrogens with zero attached hydrogens (tertiary/aromatic N) is 3. The van der Waals surface area contributed by atoms with Crippen LogP contribution in [-0.4, -0.2) is 14.7 Å². The van der Waals surface area contributed by atoms with E-state index < -0.39 is 11.3 Å². The predicted molar refractivity (Wildman–Crippen MR) is 69.3 cm³/mol. The second-order valence-corrected chi connectivity index (χ2v) is 4.26. The minimum absolute atomic E-state index is 0.119. The first kappa shape index (κ1) is 12.2. The van der Waals surface area contributed by atoms with Gasteiger partial charge in [0.25, 0.3) is 0 Å². The number of hydrogen-bond donors (Lipinski definition) is 0. The van der Waals surface area contributed by atoms with Gasteiger partial charge in [-0.3, -0.25) is 13.7 Å². The van der Waals surface area contributed by atoms with Gasteiger partial charge in [0.05, 0.1) is 11.4 Å². The highest BCUT2D eigenvalue weighted by atomic mass is 16.7. The van der Waals surface area contributed by atoms with Crippen LogP contribution in [0.3, 0.4) is 0 Å². The normalized spacial score (nSPS) is 10.8. The van der Waals surface area contributed by atoms with E-state index in [1.54, 1.807) is 11.7 Å². The van der Waals surface area contributed by atoms with Crippen LogP contribution in [0.2, 0.25) is 0 Å². The van der Waals surface area contributed by atoms with Crippen molar-refractivity contribution in [2.75, 3.05) is 0 Å². The van der Waals surface area contributed by atoms with Crippen LogP contribution in [0.5, 0.6) is 0 Å². The van der Waals surface area contributed by atoms with Gasteiger partial charge < -0.3 is 0 Å². The summed E-state index contributed by atoms with van der Waals surface area (Å²) < 4.78 is 10.9. The third-order valence-electron chi connectivity index (χ3n) is 2.87. The molecule has 102 valence electrons. The molecule has 0 amide bonds. The van der Waals surface area contributed by atoms with Crippen LogP contribution in [0.1, 0.15) is 5.69 Å². The first-order valence-electron chi connectivity index (χ1n) is 5.93. The Morgan fingerprint density at radius 2 is 1.75 bits per heavy atom. The van der Waals surface area contributed by atoms with Crippen LogP contribution in [0, 0.1) is 0 Å². The number of aryl methyl sites for hydroxylation is 1. The molecule has 2 aromatic heterocycles. The Balaban J connectivity index is 1.93. The fraction of sp³-hybridized carbons (Fsp3) is 0.154. The van der Waals surface area contributed by atoms with Crippen molar-refractivity contribution in [3.05, 3.63) is 62.9 Å². The molecule has 0 spiro atoms. The van der Waals surface area contributed by atoms with Crippen molar-refractivity contribution in [3.63, 3.8) is 0 Å². The van der Waals surface area contributed by atoms with E-state index >= 15 is 0 Å². The fourth-order valence-corrected chi connectivity index (χ4v) is 1.88. The average Bonchev–Trinajstić information content (AvgIpc) is 2.95. The highest BCUT2D eigenvalue weighted by Gasteiger charge is 2.11. The van der Waals surface area contributed by atoms with E-state index in [-0.39, 0.29) is 6.54 Å². The zero-order valence-corrected chi connectivity index (χ0v) is 10.6. The summed E-state index contributed by atoms with van der Waals surface area (Å²) >= 11 is 0. The quantitative estimate of drug-likeness (QED) is 0.660. The van der Waals surface area contributed by atoms with Crippen molar-refractivity contribution in [2.24, 2.45) is 7.05 Å². The summed E-state index contributed by atoms with van der Waals surface area (Å²) in [4.78, 5) is 22.7. The Labute approximate surface area is 112 Å². The van der Waals surface area contributed by atoms with Gasteiger partial charge in [-0.25, -0.2) is 9.59 Å². The molecule has 0 radical (unpaired) electrons. The number of rotatable bonds is 3. The summed E-state index contributed by atoms with van der Waals surface area (Å²) in [6, 6.07) is 11.5. The van der Waals surface area contributed by atoms with Crippen LogP contribution >= 0.6 is 0 Å². The van der Waals surface area contributed by atoms with E-state index in [4.69, 9.17) is 0 Å². The summed E-state index contributed by atoms with van der Waals surface area (Å²) in [6.07, 6.45) is 0. The van der Waals surface area contributed by atoms with E-state index in [1.807, 2.05) is 36.4 Å². The van der Waals surface area contributed by atoms with Gasteiger partial charge in [0.2, 0.25) is 0 Å². The monoisotopic (exact) mass is 273 g/mol. The van der Waals surface area contributed by atoms with Crippen molar-refractivity contribution in [1.82, 2.24) is 14.7 Å². The van der Waals surface area contributed by atoms with Gasteiger partial charge in [-0.2, -0.15) is 5.10 Å². The second-order valence-electron chi connectivity index (χ2n) is 4.26. The minimum atomic E-state index is -1.02. The minimum Gasteiger partial charge on any atom is -0.298 e. The summed E-state index contributed by atoms with van der Waals surface area (Å²) in [7, 11) is 1.77. The van der Waals surface area contributed by atoms with Gasteiger partial charge >= 0.3 is 11.3 Å². The molecular weight excluding hydrogens is 262 g/mol. The molecule has 0 saturated heterocycles. The molecule has 0 saturated carbocycles. The zero-order valence-electron chi connectivity index (χ0n) is 10.6. The molecule has 1 aromatic carbocycles. The van der Waals surface area contributed by atoms with Gasteiger partial charge in [0.1, 0.15) is 6.54 Å². The van der Waals surface area contributed by atoms with E-state index in [1.165, 1.54) is 0 Å². The molecule has 20 heavy (non-hydrogen) atoms. The Bertz CT molecular complexity index is 811. The summed E-state index contributed by atoms with van der Waals surface area (Å²) in [6.45, 7) is 0.119. The van der Waals surface area contributed by atoms with Gasteiger partial charge in [-0.1, -0.05) is 35.2 Å². The summed E-state index contributed by atoms with van der Waals surface area (Å²) in [5.74, 6) is 0. The highest BCUT2D eigenvalue weighted by Crippen LogP contribution is 2.18. The molecule has 0 aliphatic carbocycles. The first-order chi connectivity index (χ1) is 9.63. The Morgan fingerprint density at radius 1 is 1.10 bits per heavy atom. The lowest BCUT2D eigenvalue weighted by Crippen LogP contribution is -2.14. The van der Waals surface area contributed by atoms with Crippen LogP contribution in [-0.2, 0) is 13.6 Å². The number of aromatic nitrogens is 3. The van der Waals surface area contributed by atoms with Crippen LogP contribution in [0.4, 0.5) is 0 Å². The highest BCUT2D eigenvalue weighted by molar-refractivity contribution is 5.59. The zero-order chi connectivity index (χ0) is 14.1. The smallest absolute Gasteiger partial charge is 0.298 e. The maximum atomic E-state index is 10.9. The van der Waals surface area contributed by atoms with Gasteiger partial charge in [-0.05, 0) is 6.07 Å². The molecule has 0 bridgehead atoms. The molecule has 0 aliphatic heterocycles. The fourth-order valence-electron chi connectivity index (χ4n) is 1.88. The number of hydrogen-bond acceptors (Lipinski definition) is 5. The Kier molecular flexibility index (Phi) is 2.86. The van der Waals surface area contributed by atoms with Gasteiger partial charge in [0.15, 0.2) is 0 Å². The third kappa shape index (κ3) is 2.20. The van der Waals surface area contributed by atoms with Crippen LogP contribution in [0.25, 0.3) is 11.3 Å². The molecule has 0 aliphatic rings. The van der Waals surface area contributed by atoms with Crippen molar-refractivity contribution in [3.8, 4) is 11.3 Å². The van der Waals surface area contributed by atoms with Crippen LogP contribution < -0.4 is 11.3 Å². The Morgan fingerprint density at radius 3 is 2.40 bits per heavy atom. The maximum absolute atomic E-state index is 10.9. The Hall–Kier alpha value is -2.83. The van der Waals surface area contributed by atoms with Crippen molar-refractivity contribution >= 4 is 0 Å². The molecule has 2 heterocycles. The third-order valence-corrected chi connectivity index (χ3v) is 2.87. The average molecular weight is 273 g/mol. The van der Waals surface area contributed by atoms with E-state index in [2.05, 4.69) is 14.1 Å². The molecule has 3 rings (SSSR count). The molecule has 0 atom stereocenters. The SMILES string of the molecule is Cn1nc(-c2ccccc2)cc1Cn1oc(=O)c(=O)o1. The van der Waals surface area contributed by atoms with Crippen molar-refractivity contribution in [1.29, 1.82) is 0 Å². The molecule has 0 unspecified atom stereocenters. The summed E-state index contributed by atoms with van der Waals surface area (Å²) in [5, 5.41) is 4.37. The molecular formula is C13H11N3O4. The predicted octanol–water partition coefficient (Wildman–Crippen LogP) is 0.843. The molecule has 7 nitrogen and oxygen atoms in total. The van der Waals surface area contributed by atoms with Crippen molar-refractivity contribution in [2.45, 2.75) is 6.54 Å². The topological polar surface area (TPSA) is 83.2 Å². The lowest BCUT2D eigenvalue weighted by molar-refractivity contribution is 0.0832. The molecule has 3 aromatic rings. The summed E-state index contributed by atoms with van der Waals surface area (Å²) in [5.41, 5.74) is 0.474. The van der Waals surface area contributed by atoms with Gasteiger partial charge in [-0.15, -0.1) is 0 Å². The number of benzene rings is 1. The van der Waals surface area contributed by atoms with Crippen molar-refractivity contribution < 1.29 is 9.05 Å². The maximum Gasteiger partial charge on any atom is 0.446 e. The molecule has 0 fully saturated rings. The van der Waals surface area contributed by atoms with E-state index in [9.17, 15) is 9.59 Å². The first-order valence-corrected chi connectivity index (χ1v) is 5.93. The largest absolute Gasteiger partial charge is 0.446 e. The molecule has 0 N–H and O–H groups in total. The van der Waals surface area contributed by atoms with E-state index in [0.29, 0.717) is 0 Å². The molecule has 7 heteroatoms. The lowest BCUT2D eigenvalue weighted by Gasteiger charge is -1.97. The van der Waals surface area contributed by atoms with E-state index in [0.717, 1.165) is 21.9 Å². The van der Waals surface area contributed by atoms with Gasteiger partial charge in [0, 0.05) is 12.6 Å². The second kappa shape index (κ2) is 4.69. The standard InChI is InChI=1S/C13H11N3O4/c1-15-10(8-16-19-12(17)13(18)20-16)7-11(14-15)9-5-3-2-4-6-9/h2-7H,8H2,1H3. The lowest BCUT2D eigenvalue weighted by atomic mass is 10.1. The van der Waals surface area contributed by atoms with Crippen LogP contribution in [0.15, 0.2) is 55.0 Å².